The summed E-state index contributed by atoms with van der Waals surface area (Å²) in [6.07, 6.45) is 4.49. The van der Waals surface area contributed by atoms with Crippen molar-refractivity contribution in [2.45, 2.75) is 31.1 Å². The number of rotatable bonds is 3. The number of nitrogens with one attached hydrogen (secondary N) is 1. The zero-order chi connectivity index (χ0) is 11.4. The van der Waals surface area contributed by atoms with Crippen LogP contribution in [0.3, 0.4) is 0 Å². The fraction of sp³-hybridized carbons (Fsp3) is 0.583. The van der Waals surface area contributed by atoms with Gasteiger partial charge in [-0.2, -0.15) is 11.3 Å². The lowest BCUT2D eigenvalue weighted by Crippen LogP contribution is -2.38. The van der Waals surface area contributed by atoms with Gasteiger partial charge in [-0.1, -0.05) is 12.8 Å². The third-order valence-electron chi connectivity index (χ3n) is 3.45. The molecule has 1 saturated carbocycles. The molecule has 1 aromatic heterocycles. The second kappa shape index (κ2) is 4.87. The van der Waals surface area contributed by atoms with E-state index in [2.05, 4.69) is 26.9 Å². The summed E-state index contributed by atoms with van der Waals surface area (Å²) in [5.74, 6) is 0. The second-order valence-electron chi connectivity index (χ2n) is 4.34. The Labute approximate surface area is 99.8 Å². The molecule has 3 nitrogen and oxygen atoms in total. The highest BCUT2D eigenvalue weighted by molar-refractivity contribution is 7.08. The van der Waals surface area contributed by atoms with Crippen LogP contribution in [-0.2, 0) is 10.2 Å². The van der Waals surface area contributed by atoms with E-state index >= 15 is 0 Å². The number of carbonyl (C=O) groups excluding carboxylic acids is 1. The number of carbonyl (C=O) groups is 1. The fourth-order valence-electron chi connectivity index (χ4n) is 2.50. The fourth-order valence-corrected chi connectivity index (χ4v) is 3.28. The van der Waals surface area contributed by atoms with Crippen LogP contribution in [-0.4, -0.2) is 19.7 Å². The minimum atomic E-state index is -0.332. The van der Waals surface area contributed by atoms with Crippen molar-refractivity contribution in [2.75, 3.05) is 13.7 Å². The molecule has 0 saturated heterocycles. The minimum Gasteiger partial charge on any atom is -0.453 e. The number of hydrogen-bond acceptors (Lipinski definition) is 3. The smallest absolute Gasteiger partial charge is 0.406 e. The number of methoxy groups -OCH3 is 1. The summed E-state index contributed by atoms with van der Waals surface area (Å²) in [7, 11) is 1.40. The molecule has 0 aromatic carbocycles. The second-order valence-corrected chi connectivity index (χ2v) is 5.12. The van der Waals surface area contributed by atoms with Crippen LogP contribution in [0.2, 0.25) is 0 Å². The van der Waals surface area contributed by atoms with Gasteiger partial charge in [0, 0.05) is 12.0 Å². The summed E-state index contributed by atoms with van der Waals surface area (Å²) < 4.78 is 4.62. The third kappa shape index (κ3) is 2.21. The van der Waals surface area contributed by atoms with Gasteiger partial charge >= 0.3 is 6.09 Å². The number of amides is 1. The van der Waals surface area contributed by atoms with Gasteiger partial charge in [-0.25, -0.2) is 4.79 Å². The van der Waals surface area contributed by atoms with E-state index in [-0.39, 0.29) is 11.5 Å². The topological polar surface area (TPSA) is 38.3 Å². The van der Waals surface area contributed by atoms with Crippen LogP contribution >= 0.6 is 11.3 Å². The Hall–Kier alpha value is -1.03. The molecule has 1 aromatic rings. The first-order valence-corrected chi connectivity index (χ1v) is 6.56. The average Bonchev–Trinajstić information content (AvgIpc) is 2.96. The maximum absolute atomic E-state index is 11.1. The predicted molar refractivity (Wildman–Crippen MR) is 64.9 cm³/mol. The largest absolute Gasteiger partial charge is 0.453 e. The van der Waals surface area contributed by atoms with E-state index < -0.39 is 0 Å². The van der Waals surface area contributed by atoms with Gasteiger partial charge in [0.25, 0.3) is 0 Å². The molecule has 0 spiro atoms. The molecule has 1 fully saturated rings. The van der Waals surface area contributed by atoms with Crippen molar-refractivity contribution in [3.63, 3.8) is 0 Å². The lowest BCUT2D eigenvalue weighted by molar-refractivity contribution is 0.167. The molecule has 0 aliphatic heterocycles. The third-order valence-corrected chi connectivity index (χ3v) is 4.13. The molecule has 1 amide bonds. The van der Waals surface area contributed by atoms with Gasteiger partial charge in [0.2, 0.25) is 0 Å². The number of ether oxygens (including phenoxy) is 1. The molecule has 0 radical (unpaired) electrons. The average molecular weight is 239 g/mol. The van der Waals surface area contributed by atoms with E-state index in [4.69, 9.17) is 0 Å². The lowest BCUT2D eigenvalue weighted by Gasteiger charge is -2.28. The van der Waals surface area contributed by atoms with Gasteiger partial charge in [0.15, 0.2) is 0 Å². The first-order chi connectivity index (χ1) is 7.77. The summed E-state index contributed by atoms with van der Waals surface area (Å²) >= 11 is 1.72. The molecule has 88 valence electrons. The first kappa shape index (κ1) is 11.5. The van der Waals surface area contributed by atoms with Gasteiger partial charge in [-0.15, -0.1) is 0 Å². The van der Waals surface area contributed by atoms with E-state index in [9.17, 15) is 4.79 Å². The van der Waals surface area contributed by atoms with Crippen LogP contribution in [0.1, 0.15) is 31.2 Å². The van der Waals surface area contributed by atoms with Crippen LogP contribution in [0.4, 0.5) is 4.79 Å². The molecule has 4 heteroatoms. The van der Waals surface area contributed by atoms with Crippen LogP contribution < -0.4 is 5.32 Å². The summed E-state index contributed by atoms with van der Waals surface area (Å²) in [6, 6.07) is 2.18. The standard InChI is InChI=1S/C12H17NO2S/c1-15-11(14)13-9-12(5-2-3-6-12)10-4-7-16-8-10/h4,7-8H,2-3,5-6,9H2,1H3,(H,13,14). The molecular formula is C12H17NO2S. The Bertz CT molecular complexity index is 342. The van der Waals surface area contributed by atoms with Gasteiger partial charge < -0.3 is 10.1 Å². The molecule has 0 bridgehead atoms. The Morgan fingerprint density at radius 3 is 2.88 bits per heavy atom. The Morgan fingerprint density at radius 2 is 2.31 bits per heavy atom. The van der Waals surface area contributed by atoms with Crippen LogP contribution in [0.15, 0.2) is 16.8 Å². The number of thiophene rings is 1. The number of hydrogen-bond donors (Lipinski definition) is 1. The highest BCUT2D eigenvalue weighted by Gasteiger charge is 2.36. The molecule has 1 heterocycles. The van der Waals surface area contributed by atoms with Gasteiger partial charge in [0.1, 0.15) is 0 Å². The van der Waals surface area contributed by atoms with Gasteiger partial charge in [-0.3, -0.25) is 0 Å². The van der Waals surface area contributed by atoms with Crippen molar-refractivity contribution in [3.8, 4) is 0 Å². The van der Waals surface area contributed by atoms with Crippen LogP contribution in [0, 0.1) is 0 Å². The molecular weight excluding hydrogens is 222 g/mol. The van der Waals surface area contributed by atoms with Gasteiger partial charge in [0.05, 0.1) is 7.11 Å². The lowest BCUT2D eigenvalue weighted by atomic mass is 9.80. The molecule has 0 unspecified atom stereocenters. The van der Waals surface area contributed by atoms with Gasteiger partial charge in [-0.05, 0) is 35.2 Å². The van der Waals surface area contributed by atoms with Crippen molar-refractivity contribution < 1.29 is 9.53 Å². The zero-order valence-electron chi connectivity index (χ0n) is 9.49. The van der Waals surface area contributed by atoms with Crippen molar-refractivity contribution in [1.29, 1.82) is 0 Å². The summed E-state index contributed by atoms with van der Waals surface area (Å²) in [5.41, 5.74) is 1.51. The van der Waals surface area contributed by atoms with Crippen molar-refractivity contribution >= 4 is 17.4 Å². The Kier molecular flexibility index (Phi) is 3.49. The summed E-state index contributed by atoms with van der Waals surface area (Å²) in [5, 5.41) is 7.15. The Balaban J connectivity index is 2.08. The molecule has 1 N–H and O–H groups in total. The summed E-state index contributed by atoms with van der Waals surface area (Å²) in [6.45, 7) is 0.691. The zero-order valence-corrected chi connectivity index (χ0v) is 10.3. The summed E-state index contributed by atoms with van der Waals surface area (Å²) in [4.78, 5) is 11.1. The maximum Gasteiger partial charge on any atom is 0.406 e. The highest BCUT2D eigenvalue weighted by atomic mass is 32.1. The minimum absolute atomic E-state index is 0.147. The van der Waals surface area contributed by atoms with Crippen LogP contribution in [0.5, 0.6) is 0 Å². The van der Waals surface area contributed by atoms with Crippen LogP contribution in [0.25, 0.3) is 0 Å². The highest BCUT2D eigenvalue weighted by Crippen LogP contribution is 2.41. The van der Waals surface area contributed by atoms with E-state index in [1.807, 2.05) is 0 Å². The molecule has 1 aliphatic carbocycles. The molecule has 1 aliphatic rings. The predicted octanol–water partition coefficient (Wildman–Crippen LogP) is 2.92. The molecule has 16 heavy (non-hydrogen) atoms. The van der Waals surface area contributed by atoms with Crippen molar-refractivity contribution in [1.82, 2.24) is 5.32 Å². The van der Waals surface area contributed by atoms with Crippen molar-refractivity contribution in [2.24, 2.45) is 0 Å². The maximum atomic E-state index is 11.1. The Morgan fingerprint density at radius 1 is 1.56 bits per heavy atom. The first-order valence-electron chi connectivity index (χ1n) is 5.61. The molecule has 0 atom stereocenters. The monoisotopic (exact) mass is 239 g/mol. The number of alkyl carbamates (subject to hydrolysis) is 1. The quantitative estimate of drug-likeness (QED) is 0.880. The van der Waals surface area contributed by atoms with Crippen molar-refractivity contribution in [3.05, 3.63) is 22.4 Å². The van der Waals surface area contributed by atoms with E-state index in [1.165, 1.54) is 25.5 Å². The SMILES string of the molecule is COC(=O)NCC1(c2ccsc2)CCCC1. The van der Waals surface area contributed by atoms with E-state index in [1.54, 1.807) is 11.3 Å². The van der Waals surface area contributed by atoms with E-state index in [0.29, 0.717) is 6.54 Å². The molecule has 2 rings (SSSR count). The normalized spacial score (nSPS) is 18.3. The van der Waals surface area contributed by atoms with E-state index in [0.717, 1.165) is 12.8 Å².